The molecule has 0 atom stereocenters. The molecule has 1 aliphatic carbocycles. The normalized spacial score (nSPS) is 14.5. The molecule has 2 nitrogen and oxygen atoms in total. The Hall–Kier alpha value is -3.13. The average molecular weight is 462 g/mol. The molecule has 2 aromatic heterocycles. The van der Waals surface area contributed by atoms with Gasteiger partial charge in [0.15, 0.2) is 0 Å². The molecule has 0 fully saturated rings. The predicted octanol–water partition coefficient (Wildman–Crippen LogP) is 9.15. The van der Waals surface area contributed by atoms with E-state index in [1.807, 2.05) is 0 Å². The summed E-state index contributed by atoms with van der Waals surface area (Å²) in [5.74, 6) is 1.13. The molecule has 0 bridgehead atoms. The second kappa shape index (κ2) is 7.68. The largest absolute Gasteiger partial charge is 0.455 e. The van der Waals surface area contributed by atoms with Crippen LogP contribution in [0.2, 0.25) is 0 Å². The fourth-order valence-electron chi connectivity index (χ4n) is 6.13. The Bertz CT molecular complexity index is 1630. The number of aromatic nitrogens is 1. The van der Waals surface area contributed by atoms with Gasteiger partial charge in [0.2, 0.25) is 0 Å². The maximum Gasteiger partial charge on any atom is 0.139 e. The van der Waals surface area contributed by atoms with Gasteiger partial charge in [0.1, 0.15) is 11.2 Å². The smallest absolute Gasteiger partial charge is 0.139 e. The second-order valence-corrected chi connectivity index (χ2v) is 12.0. The number of hydrogen-bond donors (Lipinski definition) is 0. The molecule has 0 unspecified atom stereocenters. The van der Waals surface area contributed by atoms with Crippen molar-refractivity contribution in [3.63, 3.8) is 0 Å². The van der Waals surface area contributed by atoms with Crippen LogP contribution in [0.1, 0.15) is 69.4 Å². The highest BCUT2D eigenvalue weighted by Gasteiger charge is 2.36. The number of aryl methyl sites for hydroxylation is 1. The van der Waals surface area contributed by atoms with Crippen LogP contribution < -0.4 is 0 Å². The van der Waals surface area contributed by atoms with Crippen molar-refractivity contribution in [1.82, 2.24) is 4.98 Å². The van der Waals surface area contributed by atoms with Crippen LogP contribution in [0.3, 0.4) is 0 Å². The summed E-state index contributed by atoms with van der Waals surface area (Å²) in [6.45, 7) is 16.0. The summed E-state index contributed by atoms with van der Waals surface area (Å²) in [4.78, 5) is 5.31. The zero-order valence-corrected chi connectivity index (χ0v) is 22.0. The lowest BCUT2D eigenvalue weighted by Crippen LogP contribution is -2.20. The van der Waals surface area contributed by atoms with Crippen LogP contribution in [0, 0.1) is 18.8 Å². The van der Waals surface area contributed by atoms with E-state index < -0.39 is 0 Å². The number of nitrogens with zero attached hydrogens (tertiary/aromatic N) is 1. The molecule has 3 aromatic carbocycles. The van der Waals surface area contributed by atoms with Gasteiger partial charge in [-0.1, -0.05) is 77.4 Å². The lowest BCUT2D eigenvalue weighted by atomic mass is 9.76. The van der Waals surface area contributed by atoms with Crippen molar-refractivity contribution in [3.8, 4) is 11.3 Å². The zero-order chi connectivity index (χ0) is 24.6. The van der Waals surface area contributed by atoms with Gasteiger partial charge < -0.3 is 4.42 Å². The standard InChI is InChI=1S/C33H35NO/c1-18(2)14-21-9-11-24-28-29-25(12-10-22(15-19(3)4)32(29)35-31(21)28)33(6,7)26-17-23-16-20(5)8-13-27(23)34-30(24)26/h8-13,16-19H,14-15H2,1-7H3. The number of pyridine rings is 1. The monoisotopic (exact) mass is 461 g/mol. The van der Waals surface area contributed by atoms with Crippen molar-refractivity contribution in [1.29, 1.82) is 0 Å². The summed E-state index contributed by atoms with van der Waals surface area (Å²) >= 11 is 0. The highest BCUT2D eigenvalue weighted by Crippen LogP contribution is 2.51. The van der Waals surface area contributed by atoms with E-state index in [4.69, 9.17) is 9.40 Å². The Kier molecular flexibility index (Phi) is 4.90. The van der Waals surface area contributed by atoms with Gasteiger partial charge in [-0.3, -0.25) is 0 Å². The minimum Gasteiger partial charge on any atom is -0.455 e. The van der Waals surface area contributed by atoms with Crippen LogP contribution >= 0.6 is 0 Å². The first kappa shape index (κ1) is 22.3. The molecule has 2 heteroatoms. The summed E-state index contributed by atoms with van der Waals surface area (Å²) in [6.07, 6.45) is 2.02. The molecule has 6 rings (SSSR count). The third-order valence-corrected chi connectivity index (χ3v) is 7.76. The van der Waals surface area contributed by atoms with Crippen LogP contribution in [0.5, 0.6) is 0 Å². The molecule has 0 aliphatic heterocycles. The molecule has 0 saturated heterocycles. The molecule has 0 amide bonds. The SMILES string of the molecule is Cc1ccc2nc3c(cc2c1)C(C)(C)c1ccc(CC(C)C)c2oc4c(CC(C)C)ccc-3c4c12. The van der Waals surface area contributed by atoms with Crippen molar-refractivity contribution < 1.29 is 4.42 Å². The van der Waals surface area contributed by atoms with Gasteiger partial charge in [-0.2, -0.15) is 0 Å². The first-order valence-corrected chi connectivity index (χ1v) is 13.1. The van der Waals surface area contributed by atoms with Crippen LogP contribution in [0.15, 0.2) is 52.9 Å². The van der Waals surface area contributed by atoms with Gasteiger partial charge >= 0.3 is 0 Å². The Labute approximate surface area is 208 Å². The minimum atomic E-state index is -0.205. The maximum absolute atomic E-state index is 6.86. The lowest BCUT2D eigenvalue weighted by molar-refractivity contribution is 0.606. The van der Waals surface area contributed by atoms with Crippen LogP contribution in [-0.2, 0) is 18.3 Å². The summed E-state index contributed by atoms with van der Waals surface area (Å²) in [7, 11) is 0. The van der Waals surface area contributed by atoms with E-state index >= 15 is 0 Å². The fraction of sp³-hybridized carbons (Fsp3) is 0.364. The molecule has 0 radical (unpaired) electrons. The summed E-state index contributed by atoms with van der Waals surface area (Å²) in [6, 6.07) is 18.2. The molecule has 5 aromatic rings. The van der Waals surface area contributed by atoms with Crippen LogP contribution in [-0.4, -0.2) is 4.98 Å². The first-order valence-electron chi connectivity index (χ1n) is 13.1. The van der Waals surface area contributed by atoms with E-state index in [1.165, 1.54) is 49.5 Å². The Morgan fingerprint density at radius 1 is 0.771 bits per heavy atom. The molecule has 2 heterocycles. The molecule has 1 aliphatic rings. The number of furan rings is 1. The van der Waals surface area contributed by atoms with E-state index in [9.17, 15) is 0 Å². The Morgan fingerprint density at radius 3 is 2.11 bits per heavy atom. The molecular formula is C33H35NO. The van der Waals surface area contributed by atoms with Crippen molar-refractivity contribution in [2.75, 3.05) is 0 Å². The topological polar surface area (TPSA) is 26.0 Å². The molecule has 35 heavy (non-hydrogen) atoms. The highest BCUT2D eigenvalue weighted by molar-refractivity contribution is 6.17. The quantitative estimate of drug-likeness (QED) is 0.267. The van der Waals surface area contributed by atoms with E-state index in [0.717, 1.165) is 35.2 Å². The molecule has 0 saturated carbocycles. The zero-order valence-electron chi connectivity index (χ0n) is 22.0. The third kappa shape index (κ3) is 3.33. The van der Waals surface area contributed by atoms with Gasteiger partial charge in [-0.05, 0) is 72.1 Å². The first-order chi connectivity index (χ1) is 16.6. The minimum absolute atomic E-state index is 0.205. The van der Waals surface area contributed by atoms with E-state index in [2.05, 4.69) is 97.0 Å². The Morgan fingerprint density at radius 2 is 1.43 bits per heavy atom. The van der Waals surface area contributed by atoms with Gasteiger partial charge in [0.05, 0.1) is 11.2 Å². The number of hydrogen-bond acceptors (Lipinski definition) is 2. The highest BCUT2D eigenvalue weighted by atomic mass is 16.3. The Balaban J connectivity index is 1.80. The van der Waals surface area contributed by atoms with Crippen molar-refractivity contribution in [2.24, 2.45) is 11.8 Å². The molecular weight excluding hydrogens is 426 g/mol. The second-order valence-electron chi connectivity index (χ2n) is 12.0. The van der Waals surface area contributed by atoms with E-state index in [0.29, 0.717) is 11.8 Å². The van der Waals surface area contributed by atoms with Gasteiger partial charge in [-0.15, -0.1) is 0 Å². The number of fused-ring (bicyclic) bond motifs is 3. The van der Waals surface area contributed by atoms with Gasteiger partial charge in [0, 0.05) is 27.1 Å². The summed E-state index contributed by atoms with van der Waals surface area (Å²) in [5.41, 5.74) is 11.8. The van der Waals surface area contributed by atoms with Crippen LogP contribution in [0.4, 0.5) is 0 Å². The molecule has 178 valence electrons. The predicted molar refractivity (Wildman–Crippen MR) is 148 cm³/mol. The lowest BCUT2D eigenvalue weighted by Gasteiger charge is -2.28. The number of rotatable bonds is 4. The summed E-state index contributed by atoms with van der Waals surface area (Å²) in [5, 5.41) is 3.76. The fourth-order valence-corrected chi connectivity index (χ4v) is 6.13. The molecule has 0 spiro atoms. The summed E-state index contributed by atoms with van der Waals surface area (Å²) < 4.78 is 6.86. The van der Waals surface area contributed by atoms with Gasteiger partial charge in [-0.25, -0.2) is 4.98 Å². The van der Waals surface area contributed by atoms with E-state index in [-0.39, 0.29) is 5.41 Å². The van der Waals surface area contributed by atoms with E-state index in [1.54, 1.807) is 0 Å². The third-order valence-electron chi connectivity index (χ3n) is 7.76. The van der Waals surface area contributed by atoms with Crippen molar-refractivity contribution in [2.45, 2.75) is 66.7 Å². The van der Waals surface area contributed by atoms with Crippen molar-refractivity contribution >= 4 is 32.8 Å². The average Bonchev–Trinajstić information content (AvgIpc) is 3.16. The number of benzene rings is 3. The van der Waals surface area contributed by atoms with Gasteiger partial charge in [0.25, 0.3) is 0 Å². The molecule has 0 N–H and O–H groups in total. The maximum atomic E-state index is 6.86. The van der Waals surface area contributed by atoms with Crippen molar-refractivity contribution in [3.05, 3.63) is 76.3 Å². The van der Waals surface area contributed by atoms with Crippen LogP contribution in [0.25, 0.3) is 44.1 Å².